The Hall–Kier alpha value is -0.700. The number of hydrogen-bond donors (Lipinski definition) is 1. The van der Waals surface area contributed by atoms with Gasteiger partial charge in [0.1, 0.15) is 5.75 Å². The molecule has 2 nitrogen and oxygen atoms in total. The standard InChI is InChI=1S/C14H20BrNO/c1-17-12-7-8-13(15)14(9-12)16-10-11-5-3-2-4-6-11/h7-9,11,16H,2-6,10H2,1H3. The fraction of sp³-hybridized carbons (Fsp3) is 0.571. The van der Waals surface area contributed by atoms with E-state index in [2.05, 4.69) is 21.2 Å². The Morgan fingerprint density at radius 3 is 2.76 bits per heavy atom. The second-order valence-electron chi connectivity index (χ2n) is 4.73. The van der Waals surface area contributed by atoms with E-state index in [9.17, 15) is 0 Å². The first-order valence-electron chi connectivity index (χ1n) is 6.37. The maximum Gasteiger partial charge on any atom is 0.121 e. The van der Waals surface area contributed by atoms with Crippen molar-refractivity contribution in [1.29, 1.82) is 0 Å². The predicted molar refractivity (Wildman–Crippen MR) is 75.8 cm³/mol. The van der Waals surface area contributed by atoms with Crippen LogP contribution in [-0.2, 0) is 0 Å². The molecule has 0 saturated heterocycles. The molecule has 1 aromatic rings. The lowest BCUT2D eigenvalue weighted by Crippen LogP contribution is -2.17. The highest BCUT2D eigenvalue weighted by Gasteiger charge is 2.13. The minimum Gasteiger partial charge on any atom is -0.497 e. The molecule has 0 atom stereocenters. The van der Waals surface area contributed by atoms with Crippen LogP contribution in [0.15, 0.2) is 22.7 Å². The van der Waals surface area contributed by atoms with E-state index < -0.39 is 0 Å². The Kier molecular flexibility index (Phi) is 4.72. The Bertz CT molecular complexity index is 361. The first kappa shape index (κ1) is 12.7. The minimum atomic E-state index is 0.835. The van der Waals surface area contributed by atoms with Crippen LogP contribution >= 0.6 is 15.9 Å². The molecule has 0 bridgehead atoms. The molecule has 1 N–H and O–H groups in total. The summed E-state index contributed by atoms with van der Waals surface area (Å²) in [4.78, 5) is 0. The molecule has 0 unspecified atom stereocenters. The zero-order chi connectivity index (χ0) is 12.1. The molecule has 3 heteroatoms. The van der Waals surface area contributed by atoms with Gasteiger partial charge >= 0.3 is 0 Å². The Morgan fingerprint density at radius 1 is 1.29 bits per heavy atom. The van der Waals surface area contributed by atoms with Crippen LogP contribution in [0, 0.1) is 5.92 Å². The second kappa shape index (κ2) is 6.29. The maximum absolute atomic E-state index is 5.24. The van der Waals surface area contributed by atoms with Crippen molar-refractivity contribution < 1.29 is 4.74 Å². The van der Waals surface area contributed by atoms with Crippen molar-refractivity contribution in [3.63, 3.8) is 0 Å². The van der Waals surface area contributed by atoms with Crippen LogP contribution in [0.2, 0.25) is 0 Å². The molecule has 1 saturated carbocycles. The minimum absolute atomic E-state index is 0.835. The highest BCUT2D eigenvalue weighted by molar-refractivity contribution is 9.10. The third-order valence-corrected chi connectivity index (χ3v) is 4.17. The van der Waals surface area contributed by atoms with Crippen LogP contribution < -0.4 is 10.1 Å². The molecule has 0 spiro atoms. The van der Waals surface area contributed by atoms with E-state index >= 15 is 0 Å². The van der Waals surface area contributed by atoms with Gasteiger partial charge in [-0.3, -0.25) is 0 Å². The highest BCUT2D eigenvalue weighted by Crippen LogP contribution is 2.29. The molecule has 1 aliphatic carbocycles. The monoisotopic (exact) mass is 297 g/mol. The van der Waals surface area contributed by atoms with E-state index in [1.54, 1.807) is 7.11 Å². The van der Waals surface area contributed by atoms with Gasteiger partial charge in [0.05, 0.1) is 12.8 Å². The number of ether oxygens (including phenoxy) is 1. The van der Waals surface area contributed by atoms with Gasteiger partial charge in [-0.05, 0) is 46.8 Å². The molecule has 1 aromatic carbocycles. The molecule has 0 amide bonds. The molecule has 2 rings (SSSR count). The SMILES string of the molecule is COc1ccc(Br)c(NCC2CCCCC2)c1. The molecular formula is C14H20BrNO. The van der Waals surface area contributed by atoms with Gasteiger partial charge in [-0.15, -0.1) is 0 Å². The highest BCUT2D eigenvalue weighted by atomic mass is 79.9. The molecular weight excluding hydrogens is 278 g/mol. The molecule has 0 heterocycles. The van der Waals surface area contributed by atoms with Crippen LogP contribution in [0.3, 0.4) is 0 Å². The van der Waals surface area contributed by atoms with Crippen LogP contribution in [0.25, 0.3) is 0 Å². The van der Waals surface area contributed by atoms with Crippen molar-refractivity contribution in [2.24, 2.45) is 5.92 Å². The zero-order valence-electron chi connectivity index (χ0n) is 10.3. The van der Waals surface area contributed by atoms with E-state index in [-0.39, 0.29) is 0 Å². The number of hydrogen-bond acceptors (Lipinski definition) is 2. The van der Waals surface area contributed by atoms with Crippen molar-refractivity contribution >= 4 is 21.6 Å². The zero-order valence-corrected chi connectivity index (χ0v) is 11.9. The Morgan fingerprint density at radius 2 is 2.06 bits per heavy atom. The number of methoxy groups -OCH3 is 1. The largest absolute Gasteiger partial charge is 0.497 e. The average molecular weight is 298 g/mol. The van der Waals surface area contributed by atoms with E-state index in [1.165, 1.54) is 32.1 Å². The summed E-state index contributed by atoms with van der Waals surface area (Å²) < 4.78 is 6.35. The fourth-order valence-corrected chi connectivity index (χ4v) is 2.80. The van der Waals surface area contributed by atoms with Crippen molar-refractivity contribution in [3.8, 4) is 5.75 Å². The maximum atomic E-state index is 5.24. The van der Waals surface area contributed by atoms with Gasteiger partial charge in [0.25, 0.3) is 0 Å². The van der Waals surface area contributed by atoms with Gasteiger partial charge in [-0.25, -0.2) is 0 Å². The summed E-state index contributed by atoms with van der Waals surface area (Å²) in [6.07, 6.45) is 6.94. The van der Waals surface area contributed by atoms with Gasteiger partial charge in [0.15, 0.2) is 0 Å². The van der Waals surface area contributed by atoms with Gasteiger partial charge in [0.2, 0.25) is 0 Å². The summed E-state index contributed by atoms with van der Waals surface area (Å²) in [5.74, 6) is 1.74. The number of nitrogens with one attached hydrogen (secondary N) is 1. The number of rotatable bonds is 4. The lowest BCUT2D eigenvalue weighted by molar-refractivity contribution is 0.373. The number of halogens is 1. The molecule has 0 aliphatic heterocycles. The molecule has 17 heavy (non-hydrogen) atoms. The quantitative estimate of drug-likeness (QED) is 0.886. The fourth-order valence-electron chi connectivity index (χ4n) is 2.41. The van der Waals surface area contributed by atoms with Crippen LogP contribution in [0.1, 0.15) is 32.1 Å². The molecule has 0 radical (unpaired) electrons. The number of anilines is 1. The predicted octanol–water partition coefficient (Wildman–Crippen LogP) is 4.45. The van der Waals surface area contributed by atoms with E-state index in [0.29, 0.717) is 0 Å². The summed E-state index contributed by atoms with van der Waals surface area (Å²) in [6, 6.07) is 6.05. The van der Waals surface area contributed by atoms with Gasteiger partial charge in [-0.2, -0.15) is 0 Å². The van der Waals surface area contributed by atoms with Gasteiger partial charge in [-0.1, -0.05) is 19.3 Å². The van der Waals surface area contributed by atoms with Crippen LogP contribution in [0.5, 0.6) is 5.75 Å². The van der Waals surface area contributed by atoms with Crippen LogP contribution in [-0.4, -0.2) is 13.7 Å². The van der Waals surface area contributed by atoms with E-state index in [0.717, 1.165) is 28.4 Å². The summed E-state index contributed by atoms with van der Waals surface area (Å²) in [5, 5.41) is 3.53. The third kappa shape index (κ3) is 3.63. The molecule has 1 aliphatic rings. The normalized spacial score (nSPS) is 16.8. The third-order valence-electron chi connectivity index (χ3n) is 3.48. The van der Waals surface area contributed by atoms with E-state index in [1.807, 2.05) is 18.2 Å². The number of benzene rings is 1. The second-order valence-corrected chi connectivity index (χ2v) is 5.59. The van der Waals surface area contributed by atoms with Crippen molar-refractivity contribution in [2.75, 3.05) is 19.0 Å². The Balaban J connectivity index is 1.92. The summed E-state index contributed by atoms with van der Waals surface area (Å²) >= 11 is 3.57. The lowest BCUT2D eigenvalue weighted by atomic mass is 9.89. The van der Waals surface area contributed by atoms with Gasteiger partial charge < -0.3 is 10.1 Å². The average Bonchev–Trinajstić information content (AvgIpc) is 2.39. The summed E-state index contributed by atoms with van der Waals surface area (Å²) in [7, 11) is 1.70. The smallest absolute Gasteiger partial charge is 0.121 e. The molecule has 1 fully saturated rings. The Labute approximate surface area is 112 Å². The van der Waals surface area contributed by atoms with Crippen molar-refractivity contribution in [3.05, 3.63) is 22.7 Å². The molecule has 94 valence electrons. The van der Waals surface area contributed by atoms with Crippen molar-refractivity contribution in [1.82, 2.24) is 0 Å². The van der Waals surface area contributed by atoms with E-state index in [4.69, 9.17) is 4.74 Å². The van der Waals surface area contributed by atoms with Crippen molar-refractivity contribution in [2.45, 2.75) is 32.1 Å². The molecule has 0 aromatic heterocycles. The topological polar surface area (TPSA) is 21.3 Å². The summed E-state index contributed by atoms with van der Waals surface area (Å²) in [6.45, 7) is 1.08. The first-order valence-corrected chi connectivity index (χ1v) is 7.16. The first-order chi connectivity index (χ1) is 8.29. The van der Waals surface area contributed by atoms with Gasteiger partial charge in [0, 0.05) is 17.1 Å². The lowest BCUT2D eigenvalue weighted by Gasteiger charge is -2.22. The van der Waals surface area contributed by atoms with Crippen LogP contribution in [0.4, 0.5) is 5.69 Å². The summed E-state index contributed by atoms with van der Waals surface area (Å²) in [5.41, 5.74) is 1.13.